The van der Waals surface area contributed by atoms with Crippen LogP contribution in [0.4, 0.5) is 0 Å². The van der Waals surface area contributed by atoms with Crippen molar-refractivity contribution in [1.29, 1.82) is 0 Å². The van der Waals surface area contributed by atoms with E-state index < -0.39 is 0 Å². The van der Waals surface area contributed by atoms with Crippen LogP contribution in [0.3, 0.4) is 0 Å². The van der Waals surface area contributed by atoms with Crippen molar-refractivity contribution in [2.75, 3.05) is 7.05 Å². The lowest BCUT2D eigenvalue weighted by molar-refractivity contribution is 0.421. The Morgan fingerprint density at radius 1 is 1.43 bits per heavy atom. The molecule has 1 N–H and O–H groups in total. The van der Waals surface area contributed by atoms with Gasteiger partial charge in [-0.05, 0) is 31.0 Å². The first-order valence-corrected chi connectivity index (χ1v) is 5.21. The van der Waals surface area contributed by atoms with Gasteiger partial charge in [0.2, 0.25) is 0 Å². The number of hydrogen-bond donors (Lipinski definition) is 1. The first kappa shape index (κ1) is 11.1. The Kier molecular flexibility index (Phi) is 4.53. The molecule has 78 valence electrons. The zero-order chi connectivity index (χ0) is 10.4. The van der Waals surface area contributed by atoms with E-state index in [-0.39, 0.29) is 0 Å². The smallest absolute Gasteiger partial charge is 0.0544 e. The third-order valence-corrected chi connectivity index (χ3v) is 2.69. The summed E-state index contributed by atoms with van der Waals surface area (Å²) in [5.41, 5.74) is 1.22. The van der Waals surface area contributed by atoms with E-state index in [9.17, 15) is 0 Å². The van der Waals surface area contributed by atoms with Gasteiger partial charge in [0.25, 0.3) is 0 Å². The zero-order valence-electron chi connectivity index (χ0n) is 9.20. The molecule has 14 heavy (non-hydrogen) atoms. The van der Waals surface area contributed by atoms with Gasteiger partial charge in [0, 0.05) is 12.2 Å². The molecule has 0 saturated carbocycles. The van der Waals surface area contributed by atoms with Gasteiger partial charge in [-0.15, -0.1) is 0 Å². The highest BCUT2D eigenvalue weighted by atomic mass is 15.1. The topological polar surface area (TPSA) is 37.8 Å². The second-order valence-electron chi connectivity index (χ2n) is 3.77. The van der Waals surface area contributed by atoms with Gasteiger partial charge < -0.3 is 5.32 Å². The van der Waals surface area contributed by atoms with E-state index in [1.54, 1.807) is 6.20 Å². The molecule has 0 fully saturated rings. The summed E-state index contributed by atoms with van der Waals surface area (Å²) in [7, 11) is 1.99. The Morgan fingerprint density at radius 3 is 2.71 bits per heavy atom. The van der Waals surface area contributed by atoms with Gasteiger partial charge >= 0.3 is 0 Å². The lowest BCUT2D eigenvalue weighted by Gasteiger charge is -2.19. The average molecular weight is 193 g/mol. The summed E-state index contributed by atoms with van der Waals surface area (Å²) < 4.78 is 0. The van der Waals surface area contributed by atoms with Crippen molar-refractivity contribution in [2.24, 2.45) is 5.92 Å². The molecule has 1 aromatic heterocycles. The highest BCUT2D eigenvalue weighted by molar-refractivity contribution is 5.11. The van der Waals surface area contributed by atoms with Crippen LogP contribution in [0.5, 0.6) is 0 Å². The molecule has 0 radical (unpaired) electrons. The molecule has 1 aromatic rings. The zero-order valence-corrected chi connectivity index (χ0v) is 9.20. The first-order chi connectivity index (χ1) is 6.77. The molecule has 2 unspecified atom stereocenters. The largest absolute Gasteiger partial charge is 0.313 e. The van der Waals surface area contributed by atoms with Gasteiger partial charge in [-0.25, -0.2) is 0 Å². The molecule has 0 aliphatic heterocycles. The summed E-state index contributed by atoms with van der Waals surface area (Å²) in [5, 5.41) is 11.0. The lowest BCUT2D eigenvalue weighted by atomic mass is 9.95. The van der Waals surface area contributed by atoms with Crippen LogP contribution in [0.2, 0.25) is 0 Å². The SMILES string of the molecule is CCC(C)CC(NC)c1ccnnc1. The van der Waals surface area contributed by atoms with Gasteiger partial charge in [-0.1, -0.05) is 20.3 Å². The number of aromatic nitrogens is 2. The third-order valence-electron chi connectivity index (χ3n) is 2.69. The molecular formula is C11H19N3. The summed E-state index contributed by atoms with van der Waals surface area (Å²) in [6, 6.07) is 2.43. The van der Waals surface area contributed by atoms with Crippen LogP contribution in [0.1, 0.15) is 38.3 Å². The minimum absolute atomic E-state index is 0.403. The first-order valence-electron chi connectivity index (χ1n) is 5.21. The summed E-state index contributed by atoms with van der Waals surface area (Å²) in [6.07, 6.45) is 5.95. The maximum atomic E-state index is 3.90. The van der Waals surface area contributed by atoms with Gasteiger partial charge in [0.15, 0.2) is 0 Å². The Bertz CT molecular complexity index is 248. The van der Waals surface area contributed by atoms with Gasteiger partial charge in [0.05, 0.1) is 6.20 Å². The van der Waals surface area contributed by atoms with Crippen LogP contribution in [0.25, 0.3) is 0 Å². The molecule has 0 amide bonds. The molecular weight excluding hydrogens is 174 g/mol. The summed E-state index contributed by atoms with van der Waals surface area (Å²) in [6.45, 7) is 4.50. The molecule has 2 atom stereocenters. The fourth-order valence-corrected chi connectivity index (χ4v) is 1.50. The van der Waals surface area contributed by atoms with E-state index in [1.165, 1.54) is 12.0 Å². The van der Waals surface area contributed by atoms with Crippen molar-refractivity contribution in [2.45, 2.75) is 32.7 Å². The molecule has 3 nitrogen and oxygen atoms in total. The number of nitrogens with one attached hydrogen (secondary N) is 1. The van der Waals surface area contributed by atoms with Crippen LogP contribution in [0, 0.1) is 5.92 Å². The molecule has 0 aliphatic carbocycles. The molecule has 1 heterocycles. The van der Waals surface area contributed by atoms with Crippen LogP contribution in [-0.2, 0) is 0 Å². The minimum atomic E-state index is 0.403. The molecule has 1 rings (SSSR count). The predicted octanol–water partition coefficient (Wildman–Crippen LogP) is 2.17. The van der Waals surface area contributed by atoms with E-state index in [0.717, 1.165) is 12.3 Å². The monoisotopic (exact) mass is 193 g/mol. The van der Waals surface area contributed by atoms with Crippen molar-refractivity contribution in [3.63, 3.8) is 0 Å². The Labute approximate surface area is 85.9 Å². The summed E-state index contributed by atoms with van der Waals surface area (Å²) in [5.74, 6) is 0.737. The quantitative estimate of drug-likeness (QED) is 0.778. The highest BCUT2D eigenvalue weighted by Crippen LogP contribution is 2.21. The van der Waals surface area contributed by atoms with E-state index in [2.05, 4.69) is 29.4 Å². The van der Waals surface area contributed by atoms with Gasteiger partial charge in [-0.3, -0.25) is 0 Å². The third kappa shape index (κ3) is 3.07. The molecule has 0 saturated heterocycles. The van der Waals surface area contributed by atoms with E-state index in [4.69, 9.17) is 0 Å². The average Bonchev–Trinajstić information content (AvgIpc) is 2.26. The fraction of sp³-hybridized carbons (Fsp3) is 0.636. The standard InChI is InChI=1S/C11H19N3/c1-4-9(2)7-11(12-3)10-5-6-13-14-8-10/h5-6,8-9,11-12H,4,7H2,1-3H3. The summed E-state index contributed by atoms with van der Waals surface area (Å²) in [4.78, 5) is 0. The maximum Gasteiger partial charge on any atom is 0.0544 e. The lowest BCUT2D eigenvalue weighted by Crippen LogP contribution is -2.19. The molecule has 0 spiro atoms. The van der Waals surface area contributed by atoms with Crippen LogP contribution < -0.4 is 5.32 Å². The van der Waals surface area contributed by atoms with E-state index in [0.29, 0.717) is 6.04 Å². The Morgan fingerprint density at radius 2 is 2.21 bits per heavy atom. The minimum Gasteiger partial charge on any atom is -0.313 e. The molecule has 3 heteroatoms. The highest BCUT2D eigenvalue weighted by Gasteiger charge is 2.12. The van der Waals surface area contributed by atoms with Crippen LogP contribution in [0.15, 0.2) is 18.5 Å². The summed E-state index contributed by atoms with van der Waals surface area (Å²) >= 11 is 0. The second kappa shape index (κ2) is 5.70. The second-order valence-corrected chi connectivity index (χ2v) is 3.77. The number of nitrogens with zero attached hydrogens (tertiary/aromatic N) is 2. The normalized spacial score (nSPS) is 15.1. The van der Waals surface area contributed by atoms with Crippen molar-refractivity contribution in [1.82, 2.24) is 15.5 Å². The Hall–Kier alpha value is -0.960. The number of hydrogen-bond acceptors (Lipinski definition) is 3. The predicted molar refractivity (Wildman–Crippen MR) is 57.9 cm³/mol. The van der Waals surface area contributed by atoms with Gasteiger partial charge in [-0.2, -0.15) is 10.2 Å². The van der Waals surface area contributed by atoms with Crippen molar-refractivity contribution >= 4 is 0 Å². The molecule has 0 aliphatic rings. The van der Waals surface area contributed by atoms with Crippen LogP contribution >= 0.6 is 0 Å². The van der Waals surface area contributed by atoms with Crippen molar-refractivity contribution < 1.29 is 0 Å². The Balaban J connectivity index is 2.63. The number of rotatable bonds is 5. The van der Waals surface area contributed by atoms with Crippen LogP contribution in [-0.4, -0.2) is 17.2 Å². The fourth-order valence-electron chi connectivity index (χ4n) is 1.50. The van der Waals surface area contributed by atoms with E-state index >= 15 is 0 Å². The maximum absolute atomic E-state index is 3.90. The van der Waals surface area contributed by atoms with Crippen molar-refractivity contribution in [3.05, 3.63) is 24.0 Å². The van der Waals surface area contributed by atoms with Gasteiger partial charge in [0.1, 0.15) is 0 Å². The van der Waals surface area contributed by atoms with E-state index in [1.807, 2.05) is 19.3 Å². The van der Waals surface area contributed by atoms with Crippen molar-refractivity contribution in [3.8, 4) is 0 Å². The molecule has 0 bridgehead atoms. The molecule has 0 aromatic carbocycles.